The molecule has 7 heteroatoms. The first-order valence-corrected chi connectivity index (χ1v) is 8.97. The summed E-state index contributed by atoms with van der Waals surface area (Å²) in [6.07, 6.45) is 1.05. The van der Waals surface area contributed by atoms with Gasteiger partial charge in [-0.15, -0.1) is 10.2 Å². The van der Waals surface area contributed by atoms with Gasteiger partial charge in [0, 0.05) is 17.4 Å². The van der Waals surface area contributed by atoms with Gasteiger partial charge in [-0.2, -0.15) is 0 Å². The number of amides is 2. The maximum Gasteiger partial charge on any atom is 0.261 e. The first-order chi connectivity index (χ1) is 12.6. The maximum atomic E-state index is 12.3. The van der Waals surface area contributed by atoms with E-state index in [0.717, 1.165) is 10.0 Å². The molecule has 1 aliphatic heterocycles. The van der Waals surface area contributed by atoms with Crippen LogP contribution in [0.3, 0.4) is 0 Å². The Morgan fingerprint density at radius 1 is 0.885 bits per heavy atom. The molecule has 2 amide bonds. The number of imide groups is 1. The maximum absolute atomic E-state index is 12.3. The van der Waals surface area contributed by atoms with Crippen molar-refractivity contribution in [3.05, 3.63) is 70.0 Å². The van der Waals surface area contributed by atoms with E-state index in [4.69, 9.17) is 4.42 Å². The van der Waals surface area contributed by atoms with Gasteiger partial charge in [-0.25, -0.2) is 0 Å². The Morgan fingerprint density at radius 3 is 2.15 bits per heavy atom. The summed E-state index contributed by atoms with van der Waals surface area (Å²) < 4.78 is 6.57. The highest BCUT2D eigenvalue weighted by Crippen LogP contribution is 2.27. The lowest BCUT2D eigenvalue weighted by atomic mass is 10.1. The van der Waals surface area contributed by atoms with E-state index in [1.54, 1.807) is 24.3 Å². The molecule has 2 aromatic carbocycles. The number of carbonyl (C=O) groups is 2. The van der Waals surface area contributed by atoms with Gasteiger partial charge in [0.25, 0.3) is 11.8 Å². The topological polar surface area (TPSA) is 76.3 Å². The Bertz CT molecular complexity index is 964. The molecular formula is C19H14BrN3O3. The van der Waals surface area contributed by atoms with Gasteiger partial charge in [0.05, 0.1) is 16.7 Å². The molecule has 0 aliphatic carbocycles. The number of hydrogen-bond donors (Lipinski definition) is 0. The van der Waals surface area contributed by atoms with Crippen LogP contribution in [0.1, 0.15) is 33.0 Å². The minimum Gasteiger partial charge on any atom is -0.421 e. The SMILES string of the molecule is O=C1c2ccccc2C(=O)N1CCCc1nnc(-c2ccccc2Br)o1. The average Bonchev–Trinajstić information content (AvgIpc) is 3.21. The third-order valence-electron chi connectivity index (χ3n) is 4.22. The summed E-state index contributed by atoms with van der Waals surface area (Å²) in [4.78, 5) is 25.9. The Labute approximate surface area is 158 Å². The number of aryl methyl sites for hydroxylation is 1. The van der Waals surface area contributed by atoms with Crippen molar-refractivity contribution in [1.29, 1.82) is 0 Å². The van der Waals surface area contributed by atoms with Crippen molar-refractivity contribution in [2.75, 3.05) is 6.54 Å². The minimum absolute atomic E-state index is 0.245. The van der Waals surface area contributed by atoms with Crippen molar-refractivity contribution in [2.24, 2.45) is 0 Å². The highest BCUT2D eigenvalue weighted by atomic mass is 79.9. The zero-order chi connectivity index (χ0) is 18.1. The number of benzene rings is 2. The highest BCUT2D eigenvalue weighted by Gasteiger charge is 2.34. The number of hydrogen-bond acceptors (Lipinski definition) is 5. The summed E-state index contributed by atoms with van der Waals surface area (Å²) >= 11 is 3.46. The van der Waals surface area contributed by atoms with E-state index in [1.807, 2.05) is 24.3 Å². The fourth-order valence-electron chi connectivity index (χ4n) is 2.93. The molecule has 6 nitrogen and oxygen atoms in total. The van der Waals surface area contributed by atoms with E-state index in [2.05, 4.69) is 26.1 Å². The molecule has 2 heterocycles. The molecule has 1 aromatic heterocycles. The van der Waals surface area contributed by atoms with E-state index >= 15 is 0 Å². The number of nitrogens with zero attached hydrogens (tertiary/aromatic N) is 3. The van der Waals surface area contributed by atoms with Crippen LogP contribution in [0.4, 0.5) is 0 Å². The lowest BCUT2D eigenvalue weighted by Crippen LogP contribution is -2.30. The zero-order valence-corrected chi connectivity index (χ0v) is 15.3. The molecular weight excluding hydrogens is 398 g/mol. The Kier molecular flexibility index (Phi) is 4.38. The molecule has 0 radical (unpaired) electrons. The van der Waals surface area contributed by atoms with Crippen LogP contribution in [-0.4, -0.2) is 33.5 Å². The second-order valence-corrected chi connectivity index (χ2v) is 6.75. The third-order valence-corrected chi connectivity index (χ3v) is 4.91. The van der Waals surface area contributed by atoms with Gasteiger partial charge in [-0.3, -0.25) is 14.5 Å². The Balaban J connectivity index is 1.40. The van der Waals surface area contributed by atoms with Crippen LogP contribution in [0, 0.1) is 0 Å². The van der Waals surface area contributed by atoms with E-state index in [-0.39, 0.29) is 11.8 Å². The van der Waals surface area contributed by atoms with Crippen LogP contribution in [0.5, 0.6) is 0 Å². The average molecular weight is 412 g/mol. The van der Waals surface area contributed by atoms with Crippen LogP contribution in [-0.2, 0) is 6.42 Å². The number of fused-ring (bicyclic) bond motifs is 1. The van der Waals surface area contributed by atoms with E-state index in [1.165, 1.54) is 4.90 Å². The van der Waals surface area contributed by atoms with Gasteiger partial charge in [0.15, 0.2) is 0 Å². The number of rotatable bonds is 5. The quantitative estimate of drug-likeness (QED) is 0.597. The number of carbonyl (C=O) groups excluding carboxylic acids is 2. The van der Waals surface area contributed by atoms with E-state index in [0.29, 0.717) is 42.3 Å². The number of aromatic nitrogens is 2. The van der Waals surface area contributed by atoms with Crippen LogP contribution in [0.25, 0.3) is 11.5 Å². The summed E-state index contributed by atoms with van der Waals surface area (Å²) in [5.41, 5.74) is 1.75. The van der Waals surface area contributed by atoms with Gasteiger partial charge in [0.1, 0.15) is 0 Å². The Morgan fingerprint density at radius 2 is 1.50 bits per heavy atom. The molecule has 26 heavy (non-hydrogen) atoms. The zero-order valence-electron chi connectivity index (χ0n) is 13.7. The normalized spacial score (nSPS) is 13.3. The molecule has 130 valence electrons. The molecule has 0 fully saturated rings. The van der Waals surface area contributed by atoms with Gasteiger partial charge < -0.3 is 4.42 Å². The summed E-state index contributed by atoms with van der Waals surface area (Å²) in [6.45, 7) is 0.319. The van der Waals surface area contributed by atoms with E-state index in [9.17, 15) is 9.59 Å². The summed E-state index contributed by atoms with van der Waals surface area (Å²) in [5, 5.41) is 8.12. The van der Waals surface area contributed by atoms with Crippen LogP contribution in [0.2, 0.25) is 0 Å². The monoisotopic (exact) mass is 411 g/mol. The molecule has 1 aliphatic rings. The molecule has 4 rings (SSSR count). The van der Waals surface area contributed by atoms with Gasteiger partial charge in [-0.05, 0) is 46.6 Å². The molecule has 0 saturated heterocycles. The summed E-state index contributed by atoms with van der Waals surface area (Å²) in [7, 11) is 0. The fraction of sp³-hybridized carbons (Fsp3) is 0.158. The molecule has 3 aromatic rings. The third kappa shape index (κ3) is 2.94. The first-order valence-electron chi connectivity index (χ1n) is 8.17. The van der Waals surface area contributed by atoms with Crippen molar-refractivity contribution in [3.8, 4) is 11.5 Å². The van der Waals surface area contributed by atoms with Gasteiger partial charge in [-0.1, -0.05) is 24.3 Å². The van der Waals surface area contributed by atoms with Crippen molar-refractivity contribution < 1.29 is 14.0 Å². The molecule has 0 bridgehead atoms. The largest absolute Gasteiger partial charge is 0.421 e. The van der Waals surface area contributed by atoms with Gasteiger partial charge in [0.2, 0.25) is 11.8 Å². The lowest BCUT2D eigenvalue weighted by Gasteiger charge is -2.12. The Hall–Kier alpha value is -2.80. The predicted molar refractivity (Wildman–Crippen MR) is 97.6 cm³/mol. The second kappa shape index (κ2) is 6.84. The molecule has 0 saturated carbocycles. The van der Waals surface area contributed by atoms with Crippen LogP contribution >= 0.6 is 15.9 Å². The molecule has 0 N–H and O–H groups in total. The van der Waals surface area contributed by atoms with Crippen LogP contribution in [0.15, 0.2) is 57.4 Å². The van der Waals surface area contributed by atoms with Gasteiger partial charge >= 0.3 is 0 Å². The first kappa shape index (κ1) is 16.7. The van der Waals surface area contributed by atoms with E-state index < -0.39 is 0 Å². The van der Waals surface area contributed by atoms with Crippen molar-refractivity contribution in [1.82, 2.24) is 15.1 Å². The van der Waals surface area contributed by atoms with Crippen molar-refractivity contribution in [2.45, 2.75) is 12.8 Å². The minimum atomic E-state index is -0.245. The predicted octanol–water partition coefficient (Wildman–Crippen LogP) is 3.73. The number of halogens is 1. The highest BCUT2D eigenvalue weighted by molar-refractivity contribution is 9.10. The second-order valence-electron chi connectivity index (χ2n) is 5.89. The molecule has 0 spiro atoms. The summed E-state index contributed by atoms with van der Waals surface area (Å²) in [5.74, 6) is 0.427. The van der Waals surface area contributed by atoms with Crippen molar-refractivity contribution >= 4 is 27.7 Å². The van der Waals surface area contributed by atoms with Crippen molar-refractivity contribution in [3.63, 3.8) is 0 Å². The van der Waals surface area contributed by atoms with Crippen LogP contribution < -0.4 is 0 Å². The smallest absolute Gasteiger partial charge is 0.261 e. The summed E-state index contributed by atoms with van der Waals surface area (Å²) in [6, 6.07) is 14.5. The fourth-order valence-corrected chi connectivity index (χ4v) is 3.38. The lowest BCUT2D eigenvalue weighted by molar-refractivity contribution is 0.0651. The standard InChI is InChI=1S/C19H14BrN3O3/c20-15-9-4-3-8-14(15)17-22-21-16(26-17)10-5-11-23-18(24)12-6-1-2-7-13(12)19(23)25/h1-4,6-9H,5,10-11H2. The molecule has 0 unspecified atom stereocenters. The molecule has 0 atom stereocenters.